The molecule has 1 nitrogen and oxygen atoms in total. The maximum absolute atomic E-state index is 5.82. The SMILES string of the molecule is Cc1ccc(C(C)c2ccc(Cl)cn2)cc1. The minimum Gasteiger partial charge on any atom is -0.259 e. The van der Waals surface area contributed by atoms with E-state index in [1.165, 1.54) is 11.1 Å². The molecule has 0 saturated heterocycles. The summed E-state index contributed by atoms with van der Waals surface area (Å²) in [7, 11) is 0. The minimum absolute atomic E-state index is 0.304. The predicted molar refractivity (Wildman–Crippen MR) is 67.9 cm³/mol. The fourth-order valence-corrected chi connectivity index (χ4v) is 1.78. The first-order chi connectivity index (χ1) is 7.66. The quantitative estimate of drug-likeness (QED) is 0.755. The van der Waals surface area contributed by atoms with Crippen LogP contribution in [-0.2, 0) is 0 Å². The van der Waals surface area contributed by atoms with E-state index in [1.807, 2.05) is 12.1 Å². The number of hydrogen-bond acceptors (Lipinski definition) is 1. The normalized spacial score (nSPS) is 12.4. The molecule has 82 valence electrons. The Labute approximate surface area is 101 Å². The molecule has 2 aromatic rings. The Balaban J connectivity index is 2.28. The van der Waals surface area contributed by atoms with Gasteiger partial charge in [0.2, 0.25) is 0 Å². The Kier molecular flexibility index (Phi) is 3.25. The second kappa shape index (κ2) is 4.67. The van der Waals surface area contributed by atoms with Gasteiger partial charge < -0.3 is 0 Å². The van der Waals surface area contributed by atoms with Gasteiger partial charge in [0.1, 0.15) is 0 Å². The molecule has 1 aromatic heterocycles. The van der Waals surface area contributed by atoms with Gasteiger partial charge >= 0.3 is 0 Å². The molecule has 0 N–H and O–H groups in total. The van der Waals surface area contributed by atoms with E-state index in [-0.39, 0.29) is 0 Å². The van der Waals surface area contributed by atoms with Crippen molar-refractivity contribution < 1.29 is 0 Å². The van der Waals surface area contributed by atoms with E-state index in [0.717, 1.165) is 5.69 Å². The Morgan fingerprint density at radius 2 is 1.75 bits per heavy atom. The summed E-state index contributed by atoms with van der Waals surface area (Å²) in [6, 6.07) is 12.4. The molecule has 16 heavy (non-hydrogen) atoms. The lowest BCUT2D eigenvalue weighted by molar-refractivity contribution is 0.871. The molecule has 2 heteroatoms. The molecule has 0 aliphatic heterocycles. The van der Waals surface area contributed by atoms with Gasteiger partial charge in [-0.25, -0.2) is 0 Å². The van der Waals surface area contributed by atoms with Gasteiger partial charge in [-0.05, 0) is 24.6 Å². The number of halogens is 1. The molecule has 0 radical (unpaired) electrons. The van der Waals surface area contributed by atoms with E-state index in [1.54, 1.807) is 6.20 Å². The van der Waals surface area contributed by atoms with Crippen LogP contribution in [0.25, 0.3) is 0 Å². The molecule has 0 aliphatic rings. The van der Waals surface area contributed by atoms with Crippen LogP contribution >= 0.6 is 11.6 Å². The number of aromatic nitrogens is 1. The van der Waals surface area contributed by atoms with Crippen LogP contribution in [0.2, 0.25) is 5.02 Å². The third-order valence-corrected chi connectivity index (χ3v) is 2.99. The van der Waals surface area contributed by atoms with Crippen molar-refractivity contribution in [1.29, 1.82) is 0 Å². The van der Waals surface area contributed by atoms with Crippen molar-refractivity contribution in [2.24, 2.45) is 0 Å². The van der Waals surface area contributed by atoms with Crippen LogP contribution in [0.4, 0.5) is 0 Å². The number of hydrogen-bond donors (Lipinski definition) is 0. The highest BCUT2D eigenvalue weighted by molar-refractivity contribution is 6.30. The highest BCUT2D eigenvalue weighted by Crippen LogP contribution is 2.23. The Bertz CT molecular complexity index is 414. The lowest BCUT2D eigenvalue weighted by atomic mass is 9.96. The summed E-state index contributed by atoms with van der Waals surface area (Å²) in [4.78, 5) is 4.35. The molecule has 0 fully saturated rings. The summed E-state index contributed by atoms with van der Waals surface area (Å²) in [5.74, 6) is 0.304. The zero-order valence-electron chi connectivity index (χ0n) is 9.44. The summed E-state index contributed by atoms with van der Waals surface area (Å²) in [6.07, 6.45) is 1.70. The van der Waals surface area contributed by atoms with E-state index < -0.39 is 0 Å². The van der Waals surface area contributed by atoms with E-state index in [0.29, 0.717) is 10.9 Å². The van der Waals surface area contributed by atoms with Crippen LogP contribution in [0.15, 0.2) is 42.6 Å². The molecule has 1 heterocycles. The Morgan fingerprint density at radius 3 is 2.31 bits per heavy atom. The van der Waals surface area contributed by atoms with Crippen LogP contribution < -0.4 is 0 Å². The third-order valence-electron chi connectivity index (χ3n) is 2.77. The van der Waals surface area contributed by atoms with Crippen molar-refractivity contribution in [2.75, 3.05) is 0 Å². The van der Waals surface area contributed by atoms with Gasteiger partial charge in [0.05, 0.1) is 5.02 Å². The average molecular weight is 232 g/mol. The number of nitrogens with zero attached hydrogens (tertiary/aromatic N) is 1. The van der Waals surface area contributed by atoms with Gasteiger partial charge in [-0.1, -0.05) is 48.4 Å². The molecular weight excluding hydrogens is 218 g/mol. The largest absolute Gasteiger partial charge is 0.259 e. The van der Waals surface area contributed by atoms with Crippen LogP contribution in [-0.4, -0.2) is 4.98 Å². The standard InChI is InChI=1S/C14H14ClN/c1-10-3-5-12(6-4-10)11(2)14-8-7-13(15)9-16-14/h3-9,11H,1-2H3. The van der Waals surface area contributed by atoms with Crippen LogP contribution in [0, 0.1) is 6.92 Å². The van der Waals surface area contributed by atoms with E-state index >= 15 is 0 Å². The first-order valence-electron chi connectivity index (χ1n) is 5.35. The second-order valence-corrected chi connectivity index (χ2v) is 4.47. The molecule has 1 unspecified atom stereocenters. The van der Waals surface area contributed by atoms with Crippen LogP contribution in [0.1, 0.15) is 29.7 Å². The summed E-state index contributed by atoms with van der Waals surface area (Å²) in [6.45, 7) is 4.25. The third kappa shape index (κ3) is 2.42. The van der Waals surface area contributed by atoms with E-state index in [9.17, 15) is 0 Å². The zero-order chi connectivity index (χ0) is 11.5. The monoisotopic (exact) mass is 231 g/mol. The highest BCUT2D eigenvalue weighted by Gasteiger charge is 2.08. The lowest BCUT2D eigenvalue weighted by Crippen LogP contribution is -1.98. The van der Waals surface area contributed by atoms with Crippen LogP contribution in [0.3, 0.4) is 0 Å². The number of aryl methyl sites for hydroxylation is 1. The fourth-order valence-electron chi connectivity index (χ4n) is 1.67. The van der Waals surface area contributed by atoms with Crippen molar-refractivity contribution in [1.82, 2.24) is 4.98 Å². The molecule has 1 atom stereocenters. The molecule has 1 aromatic carbocycles. The van der Waals surface area contributed by atoms with Gasteiger partial charge in [-0.15, -0.1) is 0 Å². The Morgan fingerprint density at radius 1 is 1.06 bits per heavy atom. The number of benzene rings is 1. The minimum atomic E-state index is 0.304. The molecule has 0 aliphatic carbocycles. The Hall–Kier alpha value is -1.34. The maximum atomic E-state index is 5.82. The highest BCUT2D eigenvalue weighted by atomic mass is 35.5. The summed E-state index contributed by atoms with van der Waals surface area (Å²) < 4.78 is 0. The molecule has 0 saturated carbocycles. The van der Waals surface area contributed by atoms with Crippen molar-refractivity contribution in [2.45, 2.75) is 19.8 Å². The topological polar surface area (TPSA) is 12.9 Å². The van der Waals surface area contributed by atoms with Crippen molar-refractivity contribution in [3.8, 4) is 0 Å². The maximum Gasteiger partial charge on any atom is 0.0589 e. The molecular formula is C14H14ClN. The first-order valence-corrected chi connectivity index (χ1v) is 5.72. The molecule has 0 bridgehead atoms. The van der Waals surface area contributed by atoms with Gasteiger partial charge in [0.25, 0.3) is 0 Å². The molecule has 0 amide bonds. The average Bonchev–Trinajstić information content (AvgIpc) is 2.30. The number of pyridine rings is 1. The molecule has 2 rings (SSSR count). The van der Waals surface area contributed by atoms with Crippen LogP contribution in [0.5, 0.6) is 0 Å². The summed E-state index contributed by atoms with van der Waals surface area (Å²) >= 11 is 5.82. The van der Waals surface area contributed by atoms with Crippen molar-refractivity contribution in [3.05, 3.63) is 64.4 Å². The van der Waals surface area contributed by atoms with Gasteiger partial charge in [-0.2, -0.15) is 0 Å². The fraction of sp³-hybridized carbons (Fsp3) is 0.214. The lowest BCUT2D eigenvalue weighted by Gasteiger charge is -2.11. The van der Waals surface area contributed by atoms with Crippen molar-refractivity contribution in [3.63, 3.8) is 0 Å². The first kappa shape index (κ1) is 11.2. The second-order valence-electron chi connectivity index (χ2n) is 4.03. The van der Waals surface area contributed by atoms with Gasteiger partial charge in [0.15, 0.2) is 0 Å². The number of rotatable bonds is 2. The van der Waals surface area contributed by atoms with Gasteiger partial charge in [0, 0.05) is 17.8 Å². The van der Waals surface area contributed by atoms with E-state index in [4.69, 9.17) is 11.6 Å². The van der Waals surface area contributed by atoms with Crippen molar-refractivity contribution >= 4 is 11.6 Å². The summed E-state index contributed by atoms with van der Waals surface area (Å²) in [5, 5.41) is 0.680. The molecule has 0 spiro atoms. The predicted octanol–water partition coefficient (Wildman–Crippen LogP) is 4.20. The zero-order valence-corrected chi connectivity index (χ0v) is 10.2. The smallest absolute Gasteiger partial charge is 0.0589 e. The van der Waals surface area contributed by atoms with E-state index in [2.05, 4.69) is 43.1 Å². The van der Waals surface area contributed by atoms with Gasteiger partial charge in [-0.3, -0.25) is 4.98 Å². The summed E-state index contributed by atoms with van der Waals surface area (Å²) in [5.41, 5.74) is 3.61.